The summed E-state index contributed by atoms with van der Waals surface area (Å²) < 4.78 is 54.6. The number of rotatable bonds is 7. The van der Waals surface area contributed by atoms with Gasteiger partial charge in [0.2, 0.25) is 0 Å². The van der Waals surface area contributed by atoms with Crippen LogP contribution in [0.1, 0.15) is 58.9 Å². The summed E-state index contributed by atoms with van der Waals surface area (Å²) in [7, 11) is -3.95. The average Bonchev–Trinajstić information content (AvgIpc) is 2.70. The summed E-state index contributed by atoms with van der Waals surface area (Å²) >= 11 is 0. The average molecular weight is 485 g/mol. The number of hydrogen-bond acceptors (Lipinski definition) is 6. The molecule has 1 atom stereocenters. The van der Waals surface area contributed by atoms with Gasteiger partial charge >= 0.3 is 16.2 Å². The minimum Gasteiger partial charge on any atom is -0.486 e. The zero-order chi connectivity index (χ0) is 24.4. The monoisotopic (exact) mass is 484 g/mol. The molecule has 0 amide bonds. The number of benzene rings is 1. The van der Waals surface area contributed by atoms with Gasteiger partial charge in [-0.2, -0.15) is 12.7 Å². The lowest BCUT2D eigenvalue weighted by atomic mass is 10.1. The van der Waals surface area contributed by atoms with E-state index in [4.69, 9.17) is 9.47 Å². The normalized spacial score (nSPS) is 20.2. The van der Waals surface area contributed by atoms with E-state index in [1.165, 1.54) is 15.5 Å². The van der Waals surface area contributed by atoms with Crippen molar-refractivity contribution in [1.29, 1.82) is 0 Å². The van der Waals surface area contributed by atoms with E-state index in [1.807, 2.05) is 0 Å². The van der Waals surface area contributed by atoms with Crippen molar-refractivity contribution in [3.8, 4) is 5.75 Å². The highest BCUT2D eigenvalue weighted by Crippen LogP contribution is 2.38. The number of hydrogen-bond donors (Lipinski definition) is 0. The molecule has 0 saturated carbocycles. The standard InChI is InChI=1S/C23H33FN2O6S/c1-16(27)5-7-19-15-26(33(29,30)25-11-9-18(24)10-12-25)20-13-17(6-8-21(20)31-19)14-22(28)32-23(2,3)4/h6,8,13,18-19H,5,7,9-12,14-15H2,1-4H3/t19-/m0/s1. The molecule has 2 aliphatic heterocycles. The van der Waals surface area contributed by atoms with E-state index in [1.54, 1.807) is 39.0 Å². The Balaban J connectivity index is 1.90. The Morgan fingerprint density at radius 3 is 2.48 bits per heavy atom. The lowest BCUT2D eigenvalue weighted by Crippen LogP contribution is -2.52. The van der Waals surface area contributed by atoms with Gasteiger partial charge in [0.1, 0.15) is 29.4 Å². The van der Waals surface area contributed by atoms with Crippen molar-refractivity contribution >= 4 is 27.6 Å². The molecule has 10 heteroatoms. The van der Waals surface area contributed by atoms with E-state index in [0.717, 1.165) is 0 Å². The molecule has 33 heavy (non-hydrogen) atoms. The molecule has 1 aromatic carbocycles. The Labute approximate surface area is 195 Å². The highest BCUT2D eigenvalue weighted by Gasteiger charge is 2.39. The zero-order valence-electron chi connectivity index (χ0n) is 19.7. The lowest BCUT2D eigenvalue weighted by Gasteiger charge is -2.39. The summed E-state index contributed by atoms with van der Waals surface area (Å²) in [5.74, 6) is -0.0545. The molecule has 0 aromatic heterocycles. The largest absolute Gasteiger partial charge is 0.486 e. The topological polar surface area (TPSA) is 93.2 Å². The minimum atomic E-state index is -3.95. The molecule has 0 bridgehead atoms. The summed E-state index contributed by atoms with van der Waals surface area (Å²) in [4.78, 5) is 23.8. The Hall–Kier alpha value is -2.20. The first-order chi connectivity index (χ1) is 15.3. The fourth-order valence-electron chi connectivity index (χ4n) is 3.94. The van der Waals surface area contributed by atoms with Crippen LogP contribution in [-0.4, -0.2) is 62.0 Å². The van der Waals surface area contributed by atoms with Gasteiger partial charge in [0.05, 0.1) is 18.7 Å². The Morgan fingerprint density at radius 2 is 1.88 bits per heavy atom. The molecular weight excluding hydrogens is 451 g/mol. The molecule has 2 aliphatic rings. The van der Waals surface area contributed by atoms with Crippen molar-refractivity contribution in [1.82, 2.24) is 4.31 Å². The number of nitrogens with zero attached hydrogens (tertiary/aromatic N) is 2. The number of piperidine rings is 1. The number of fused-ring (bicyclic) bond motifs is 1. The first kappa shape index (κ1) is 25.4. The lowest BCUT2D eigenvalue weighted by molar-refractivity contribution is -0.153. The first-order valence-corrected chi connectivity index (χ1v) is 12.7. The van der Waals surface area contributed by atoms with Crippen molar-refractivity contribution in [3.05, 3.63) is 23.8 Å². The van der Waals surface area contributed by atoms with Crippen LogP contribution in [0.5, 0.6) is 5.75 Å². The molecule has 0 spiro atoms. The van der Waals surface area contributed by atoms with Crippen LogP contribution < -0.4 is 9.04 Å². The highest BCUT2D eigenvalue weighted by atomic mass is 32.2. The second kappa shape index (κ2) is 9.97. The fourth-order valence-corrected chi connectivity index (χ4v) is 5.64. The van der Waals surface area contributed by atoms with Crippen LogP contribution in [0.3, 0.4) is 0 Å². The van der Waals surface area contributed by atoms with E-state index >= 15 is 0 Å². The summed E-state index contributed by atoms with van der Waals surface area (Å²) in [5, 5.41) is 0. The van der Waals surface area contributed by atoms with Gasteiger partial charge in [-0.25, -0.2) is 4.39 Å². The second-order valence-electron chi connectivity index (χ2n) is 9.66. The maximum absolute atomic E-state index is 13.6. The Kier molecular flexibility index (Phi) is 7.68. The number of anilines is 1. The van der Waals surface area contributed by atoms with E-state index in [2.05, 4.69) is 0 Å². The number of Topliss-reactive ketones (excluding diaryl/α,β-unsaturated/α-hetero) is 1. The van der Waals surface area contributed by atoms with Crippen molar-refractivity contribution < 1.29 is 31.9 Å². The second-order valence-corrected chi connectivity index (χ2v) is 11.5. The van der Waals surface area contributed by atoms with Crippen molar-refractivity contribution in [2.75, 3.05) is 23.9 Å². The van der Waals surface area contributed by atoms with E-state index in [9.17, 15) is 22.4 Å². The Bertz CT molecular complexity index is 983. The molecule has 0 radical (unpaired) electrons. The molecular formula is C23H33FN2O6S. The number of ether oxygens (including phenoxy) is 2. The fraction of sp³-hybridized carbons (Fsp3) is 0.652. The summed E-state index contributed by atoms with van der Waals surface area (Å²) in [6.45, 7) is 7.06. The van der Waals surface area contributed by atoms with Crippen molar-refractivity contribution in [2.45, 2.75) is 77.7 Å². The van der Waals surface area contributed by atoms with E-state index < -0.39 is 34.1 Å². The van der Waals surface area contributed by atoms with Crippen LogP contribution in [0.25, 0.3) is 0 Å². The third-order valence-corrected chi connectivity index (χ3v) is 7.45. The molecule has 0 N–H and O–H groups in total. The highest BCUT2D eigenvalue weighted by molar-refractivity contribution is 7.90. The quantitative estimate of drug-likeness (QED) is 0.552. The Morgan fingerprint density at radius 1 is 1.21 bits per heavy atom. The van der Waals surface area contributed by atoms with Gasteiger partial charge in [0, 0.05) is 19.5 Å². The van der Waals surface area contributed by atoms with E-state index in [0.29, 0.717) is 23.4 Å². The van der Waals surface area contributed by atoms with Crippen LogP contribution in [0.4, 0.5) is 10.1 Å². The van der Waals surface area contributed by atoms with Gasteiger partial charge in [-0.3, -0.25) is 9.10 Å². The smallest absolute Gasteiger partial charge is 0.310 e. The van der Waals surface area contributed by atoms with Gasteiger partial charge in [0.15, 0.2) is 0 Å². The number of carbonyl (C=O) groups excluding carboxylic acids is 2. The van der Waals surface area contributed by atoms with Crippen molar-refractivity contribution in [3.63, 3.8) is 0 Å². The third-order valence-electron chi connectivity index (χ3n) is 5.53. The van der Waals surface area contributed by atoms with Crippen LogP contribution in [0.15, 0.2) is 18.2 Å². The van der Waals surface area contributed by atoms with Crippen LogP contribution in [0, 0.1) is 0 Å². The number of ketones is 1. The molecule has 184 valence electrons. The SMILES string of the molecule is CC(=O)CC[C@H]1CN(S(=O)(=O)N2CCC(F)CC2)c2cc(CC(=O)OC(C)(C)C)ccc2O1. The maximum Gasteiger partial charge on any atom is 0.310 e. The summed E-state index contributed by atoms with van der Waals surface area (Å²) in [6.07, 6.45) is -0.542. The summed E-state index contributed by atoms with van der Waals surface area (Å²) in [5.41, 5.74) is 0.296. The third kappa shape index (κ3) is 6.66. The first-order valence-electron chi connectivity index (χ1n) is 11.3. The van der Waals surface area contributed by atoms with Gasteiger partial charge in [-0.05, 0) is 64.7 Å². The van der Waals surface area contributed by atoms with Gasteiger partial charge in [0.25, 0.3) is 0 Å². The molecule has 1 aromatic rings. The molecule has 3 rings (SSSR count). The molecule has 1 saturated heterocycles. The van der Waals surface area contributed by atoms with Crippen LogP contribution in [-0.2, 0) is 31.0 Å². The van der Waals surface area contributed by atoms with Crippen molar-refractivity contribution in [2.24, 2.45) is 0 Å². The van der Waals surface area contributed by atoms with Gasteiger partial charge in [-0.1, -0.05) is 6.07 Å². The number of esters is 1. The van der Waals surface area contributed by atoms with Crippen LogP contribution in [0.2, 0.25) is 0 Å². The van der Waals surface area contributed by atoms with E-state index in [-0.39, 0.29) is 51.1 Å². The minimum absolute atomic E-state index is 0.00321. The summed E-state index contributed by atoms with van der Waals surface area (Å²) in [6, 6.07) is 4.97. The number of alkyl halides is 1. The predicted molar refractivity (Wildman–Crippen MR) is 122 cm³/mol. The maximum atomic E-state index is 13.6. The molecule has 8 nitrogen and oxygen atoms in total. The van der Waals surface area contributed by atoms with Crippen LogP contribution >= 0.6 is 0 Å². The van der Waals surface area contributed by atoms with Gasteiger partial charge in [-0.15, -0.1) is 0 Å². The molecule has 0 aliphatic carbocycles. The van der Waals surface area contributed by atoms with Gasteiger partial charge < -0.3 is 14.3 Å². The molecule has 2 heterocycles. The molecule has 1 fully saturated rings. The molecule has 0 unspecified atom stereocenters. The number of halogens is 1. The zero-order valence-corrected chi connectivity index (χ0v) is 20.5. The number of carbonyl (C=O) groups is 2. The predicted octanol–water partition coefficient (Wildman–Crippen LogP) is 3.19.